The second-order valence-electron chi connectivity index (χ2n) is 4.16. The third kappa shape index (κ3) is 5.03. The Hall–Kier alpha value is -0.150. The van der Waals surface area contributed by atoms with Gasteiger partial charge in [-0.25, -0.2) is 0 Å². The third-order valence-electron chi connectivity index (χ3n) is 2.79. The second kappa shape index (κ2) is 8.91. The first kappa shape index (κ1) is 16.9. The van der Waals surface area contributed by atoms with E-state index in [1.165, 1.54) is 0 Å². The molecule has 0 amide bonds. The molecule has 1 rings (SSSR count). The van der Waals surface area contributed by atoms with E-state index in [9.17, 15) is 15.3 Å². The summed E-state index contributed by atoms with van der Waals surface area (Å²) < 4.78 is 10.5. The first-order valence-corrected chi connectivity index (χ1v) is 7.42. The molecule has 1 saturated heterocycles. The summed E-state index contributed by atoms with van der Waals surface area (Å²) in [5.41, 5.74) is 0. The lowest BCUT2D eigenvalue weighted by Gasteiger charge is -2.39. The van der Waals surface area contributed by atoms with Crippen LogP contribution in [0, 0.1) is 0 Å². The molecule has 112 valence electrons. The summed E-state index contributed by atoms with van der Waals surface area (Å²) in [6, 6.07) is 0. The van der Waals surface area contributed by atoms with Gasteiger partial charge >= 0.3 is 0 Å². The molecule has 0 bridgehead atoms. The molecule has 1 heterocycles. The maximum atomic E-state index is 9.69. The smallest absolute Gasteiger partial charge is 0.187 e. The fourth-order valence-corrected chi connectivity index (χ4v) is 2.19. The minimum Gasteiger partial charge on any atom is -0.394 e. The van der Waals surface area contributed by atoms with Crippen LogP contribution in [0.2, 0.25) is 0 Å². The summed E-state index contributed by atoms with van der Waals surface area (Å²) in [6.07, 6.45) is -2.33. The maximum Gasteiger partial charge on any atom is 0.187 e. The average Bonchev–Trinajstić information content (AvgIpc) is 2.42. The summed E-state index contributed by atoms with van der Waals surface area (Å²) >= 11 is 1.77. The molecule has 1 fully saturated rings. The molecule has 0 aromatic heterocycles. The van der Waals surface area contributed by atoms with Crippen LogP contribution < -0.4 is 0 Å². The van der Waals surface area contributed by atoms with Gasteiger partial charge in [0.15, 0.2) is 6.29 Å². The Morgan fingerprint density at radius 1 is 1.16 bits per heavy atom. The predicted molar refractivity (Wildman–Crippen MR) is 71.9 cm³/mol. The van der Waals surface area contributed by atoms with Crippen LogP contribution in [-0.2, 0) is 9.47 Å². The molecule has 7 heteroatoms. The first-order chi connectivity index (χ1) is 9.11. The largest absolute Gasteiger partial charge is 0.394 e. The van der Waals surface area contributed by atoms with Crippen LogP contribution in [0.15, 0.2) is 12.2 Å². The van der Waals surface area contributed by atoms with Crippen LogP contribution in [0.25, 0.3) is 0 Å². The lowest BCUT2D eigenvalue weighted by atomic mass is 9.99. The number of aliphatic hydroxyl groups is 4. The lowest BCUT2D eigenvalue weighted by molar-refractivity contribution is -0.298. The van der Waals surface area contributed by atoms with E-state index in [-0.39, 0.29) is 6.61 Å². The summed E-state index contributed by atoms with van der Waals surface area (Å²) in [5, 5.41) is 37.8. The van der Waals surface area contributed by atoms with Crippen molar-refractivity contribution in [2.24, 2.45) is 0 Å². The van der Waals surface area contributed by atoms with Crippen LogP contribution in [0.1, 0.15) is 6.92 Å². The van der Waals surface area contributed by atoms with Crippen LogP contribution >= 0.6 is 11.8 Å². The molecular formula is C12H22O6S. The summed E-state index contributed by atoms with van der Waals surface area (Å²) in [6.45, 7) is 1.85. The first-order valence-electron chi connectivity index (χ1n) is 6.26. The van der Waals surface area contributed by atoms with Gasteiger partial charge in [-0.05, 0) is 5.75 Å². The highest BCUT2D eigenvalue weighted by Gasteiger charge is 2.43. The molecule has 4 N–H and O–H groups in total. The Kier molecular flexibility index (Phi) is 7.93. The zero-order chi connectivity index (χ0) is 14.3. The Morgan fingerprint density at radius 3 is 2.53 bits per heavy atom. The highest BCUT2D eigenvalue weighted by atomic mass is 32.2. The van der Waals surface area contributed by atoms with Gasteiger partial charge in [-0.3, -0.25) is 0 Å². The van der Waals surface area contributed by atoms with Crippen molar-refractivity contribution in [3.63, 3.8) is 0 Å². The van der Waals surface area contributed by atoms with Gasteiger partial charge in [0.05, 0.1) is 13.2 Å². The standard InChI is InChI=1S/C12H22O6S/c1-2-19-6-4-3-5-17-12-11(16)10(15)9(14)8(7-13)18-12/h3-4,8-16H,2,5-7H2,1H3/b4-3+. The van der Waals surface area contributed by atoms with Crippen molar-refractivity contribution in [2.45, 2.75) is 37.6 Å². The molecule has 19 heavy (non-hydrogen) atoms. The topological polar surface area (TPSA) is 99.4 Å². The monoisotopic (exact) mass is 294 g/mol. The summed E-state index contributed by atoms with van der Waals surface area (Å²) in [5.74, 6) is 1.92. The quantitative estimate of drug-likeness (QED) is 0.357. The molecule has 0 radical (unpaired) electrons. The third-order valence-corrected chi connectivity index (χ3v) is 3.63. The minimum absolute atomic E-state index is 0.229. The number of thioether (sulfide) groups is 1. The highest BCUT2D eigenvalue weighted by molar-refractivity contribution is 7.99. The van der Waals surface area contributed by atoms with Crippen LogP contribution in [-0.4, -0.2) is 75.9 Å². The van der Waals surface area contributed by atoms with Gasteiger partial charge in [0, 0.05) is 5.75 Å². The molecule has 5 atom stereocenters. The average molecular weight is 294 g/mol. The molecule has 0 aromatic carbocycles. The molecule has 0 aromatic rings. The van der Waals surface area contributed by atoms with Crippen LogP contribution in [0.4, 0.5) is 0 Å². The zero-order valence-electron chi connectivity index (χ0n) is 10.9. The number of hydrogen-bond donors (Lipinski definition) is 4. The lowest BCUT2D eigenvalue weighted by Crippen LogP contribution is -2.59. The van der Waals surface area contributed by atoms with Crippen molar-refractivity contribution in [3.8, 4) is 0 Å². The normalized spacial score (nSPS) is 35.9. The number of aliphatic hydroxyl groups excluding tert-OH is 4. The van der Waals surface area contributed by atoms with E-state index in [0.29, 0.717) is 0 Å². The molecular weight excluding hydrogens is 272 g/mol. The molecule has 6 nitrogen and oxygen atoms in total. The second-order valence-corrected chi connectivity index (χ2v) is 5.48. The van der Waals surface area contributed by atoms with Gasteiger partial charge in [-0.15, -0.1) is 0 Å². The molecule has 0 aliphatic carbocycles. The summed E-state index contributed by atoms with van der Waals surface area (Å²) in [4.78, 5) is 0. The Labute approximate surface area is 117 Å². The van der Waals surface area contributed by atoms with E-state index in [2.05, 4.69) is 6.92 Å². The minimum atomic E-state index is -1.39. The molecule has 1 aliphatic rings. The van der Waals surface area contributed by atoms with Gasteiger partial charge in [-0.1, -0.05) is 19.1 Å². The summed E-state index contributed by atoms with van der Waals surface area (Å²) in [7, 11) is 0. The maximum absolute atomic E-state index is 9.69. The van der Waals surface area contributed by atoms with Crippen LogP contribution in [0.3, 0.4) is 0 Å². The molecule has 0 saturated carbocycles. The van der Waals surface area contributed by atoms with Crippen molar-refractivity contribution in [2.75, 3.05) is 24.7 Å². The van der Waals surface area contributed by atoms with Gasteiger partial charge in [0.25, 0.3) is 0 Å². The van der Waals surface area contributed by atoms with E-state index in [1.54, 1.807) is 17.8 Å². The van der Waals surface area contributed by atoms with Crippen molar-refractivity contribution < 1.29 is 29.9 Å². The molecule has 0 spiro atoms. The fourth-order valence-electron chi connectivity index (χ4n) is 1.68. The van der Waals surface area contributed by atoms with Crippen LogP contribution in [0.5, 0.6) is 0 Å². The Morgan fingerprint density at radius 2 is 1.89 bits per heavy atom. The van der Waals surface area contributed by atoms with Gasteiger partial charge in [0.1, 0.15) is 24.4 Å². The predicted octanol–water partition coefficient (Wildman–Crippen LogP) is -0.888. The van der Waals surface area contributed by atoms with Crippen molar-refractivity contribution in [1.82, 2.24) is 0 Å². The van der Waals surface area contributed by atoms with Crippen molar-refractivity contribution >= 4 is 11.8 Å². The highest BCUT2D eigenvalue weighted by Crippen LogP contribution is 2.21. The van der Waals surface area contributed by atoms with Gasteiger partial charge in [0.2, 0.25) is 0 Å². The van der Waals surface area contributed by atoms with Gasteiger partial charge in [-0.2, -0.15) is 11.8 Å². The Balaban J connectivity index is 2.37. The van der Waals surface area contributed by atoms with Crippen molar-refractivity contribution in [3.05, 3.63) is 12.2 Å². The Bertz CT molecular complexity index is 273. The van der Waals surface area contributed by atoms with E-state index >= 15 is 0 Å². The van der Waals surface area contributed by atoms with Gasteiger partial charge < -0.3 is 29.9 Å². The molecule has 5 unspecified atom stereocenters. The number of rotatable bonds is 7. The van der Waals surface area contributed by atoms with Crippen molar-refractivity contribution in [1.29, 1.82) is 0 Å². The number of hydrogen-bond acceptors (Lipinski definition) is 7. The SMILES string of the molecule is CCSC/C=C/COC1OC(CO)C(O)C(O)C1O. The van der Waals surface area contributed by atoms with E-state index in [4.69, 9.17) is 14.6 Å². The van der Waals surface area contributed by atoms with E-state index in [0.717, 1.165) is 11.5 Å². The molecule has 1 aliphatic heterocycles. The van der Waals surface area contributed by atoms with E-state index in [1.807, 2.05) is 6.08 Å². The zero-order valence-corrected chi connectivity index (χ0v) is 11.7. The number of ether oxygens (including phenoxy) is 2. The fraction of sp³-hybridized carbons (Fsp3) is 0.833. The van der Waals surface area contributed by atoms with E-state index < -0.39 is 37.3 Å².